The van der Waals surface area contributed by atoms with Crippen molar-refractivity contribution in [3.63, 3.8) is 0 Å². The van der Waals surface area contributed by atoms with E-state index in [9.17, 15) is 5.11 Å². The predicted molar refractivity (Wildman–Crippen MR) is 176 cm³/mol. The summed E-state index contributed by atoms with van der Waals surface area (Å²) in [7, 11) is 0.472. The molecule has 8 nitrogen and oxygen atoms in total. The van der Waals surface area contributed by atoms with Gasteiger partial charge < -0.3 is 38.3 Å². The van der Waals surface area contributed by atoms with E-state index in [2.05, 4.69) is 41.6 Å². The summed E-state index contributed by atoms with van der Waals surface area (Å²) < 4.78 is 43.9. The van der Waals surface area contributed by atoms with E-state index in [0.29, 0.717) is 65.1 Å². The average Bonchev–Trinajstić information content (AvgIpc) is 2.94. The third kappa shape index (κ3) is 11.8. The number of aliphatic hydroxyl groups is 1. The Balaban J connectivity index is 1.36. The molecule has 5 atom stereocenters. The van der Waals surface area contributed by atoms with Crippen molar-refractivity contribution >= 4 is 24.0 Å². The maximum atomic E-state index is 11.4. The lowest BCUT2D eigenvalue weighted by Crippen LogP contribution is -2.59. The van der Waals surface area contributed by atoms with Crippen molar-refractivity contribution in [1.82, 2.24) is 0 Å². The summed E-state index contributed by atoms with van der Waals surface area (Å²) in [5.74, 6) is -0.174. The SMILES string of the molecule is COc1ccc(COC[C@H]2C[C@](C)(O)C[C@@]3(C[C@@H](OCOCC[Si](C)(C)C)C[C@H](CCOCc4ccccc4Br)O3)O2)cc1. The van der Waals surface area contributed by atoms with Crippen LogP contribution in [0.5, 0.6) is 5.75 Å². The molecule has 0 saturated carbocycles. The summed E-state index contributed by atoms with van der Waals surface area (Å²) in [6.45, 7) is 11.7. The van der Waals surface area contributed by atoms with Gasteiger partial charge in [-0.25, -0.2) is 0 Å². The zero-order valence-electron chi connectivity index (χ0n) is 27.0. The van der Waals surface area contributed by atoms with Crippen LogP contribution in [0.4, 0.5) is 0 Å². The summed E-state index contributed by atoms with van der Waals surface area (Å²) in [5.41, 5.74) is 1.18. The molecular weight excluding hydrogens is 644 g/mol. The van der Waals surface area contributed by atoms with E-state index in [1.54, 1.807) is 7.11 Å². The molecule has 2 aromatic rings. The van der Waals surface area contributed by atoms with Crippen LogP contribution in [-0.2, 0) is 41.6 Å². The van der Waals surface area contributed by atoms with Gasteiger partial charge in [-0.3, -0.25) is 0 Å². The number of rotatable bonds is 16. The molecule has 0 amide bonds. The smallest absolute Gasteiger partial charge is 0.174 e. The van der Waals surface area contributed by atoms with Gasteiger partial charge in [0.1, 0.15) is 12.5 Å². The lowest BCUT2D eigenvalue weighted by molar-refractivity contribution is -0.358. The molecule has 2 aromatic carbocycles. The van der Waals surface area contributed by atoms with E-state index in [-0.39, 0.29) is 25.1 Å². The molecule has 1 N–H and O–H groups in total. The van der Waals surface area contributed by atoms with Crippen LogP contribution in [0, 0.1) is 0 Å². The predicted octanol–water partition coefficient (Wildman–Crippen LogP) is 7.08. The summed E-state index contributed by atoms with van der Waals surface area (Å²) >= 11 is 3.59. The second-order valence-corrected chi connectivity index (χ2v) is 20.1. The van der Waals surface area contributed by atoms with Crippen molar-refractivity contribution in [2.24, 2.45) is 0 Å². The van der Waals surface area contributed by atoms with E-state index in [4.69, 9.17) is 33.2 Å². The van der Waals surface area contributed by atoms with Gasteiger partial charge in [0, 0.05) is 51.4 Å². The van der Waals surface area contributed by atoms with Crippen LogP contribution in [0.15, 0.2) is 53.0 Å². The zero-order valence-corrected chi connectivity index (χ0v) is 29.6. The number of methoxy groups -OCH3 is 1. The molecule has 2 aliphatic heterocycles. The highest BCUT2D eigenvalue weighted by molar-refractivity contribution is 9.10. The van der Waals surface area contributed by atoms with Gasteiger partial charge in [-0.15, -0.1) is 0 Å². The van der Waals surface area contributed by atoms with Crippen molar-refractivity contribution in [3.8, 4) is 5.75 Å². The summed E-state index contributed by atoms with van der Waals surface area (Å²) in [4.78, 5) is 0. The Labute approximate surface area is 272 Å². The van der Waals surface area contributed by atoms with E-state index in [0.717, 1.165) is 27.4 Å². The zero-order chi connectivity index (χ0) is 31.6. The molecular formula is C34H51BrO8Si. The Morgan fingerprint density at radius 1 is 0.932 bits per heavy atom. The quantitative estimate of drug-likeness (QED) is 0.113. The second kappa shape index (κ2) is 16.5. The van der Waals surface area contributed by atoms with Gasteiger partial charge in [0.15, 0.2) is 5.79 Å². The van der Waals surface area contributed by atoms with Crippen LogP contribution in [0.2, 0.25) is 25.7 Å². The normalized spacial score (nSPS) is 27.5. The Morgan fingerprint density at radius 2 is 1.68 bits per heavy atom. The highest BCUT2D eigenvalue weighted by Gasteiger charge is 2.52. The summed E-state index contributed by atoms with van der Waals surface area (Å²) in [6.07, 6.45) is 2.14. The molecule has 246 valence electrons. The standard InChI is InChI=1S/C34H51BrO8Si/c1-33(36)19-31(23-40-21-26-10-12-28(37-2)13-11-26)43-34(24-33)20-30(41-25-39-16-17-44(3,4)5)18-29(42-34)14-15-38-22-27-8-6-7-9-32(27)35/h6-13,29-31,36H,14-25H2,1-5H3/t29-,30-,31+,33-,34+/m0/s1. The molecule has 2 saturated heterocycles. The van der Waals surface area contributed by atoms with Crippen LogP contribution < -0.4 is 4.74 Å². The maximum Gasteiger partial charge on any atom is 0.174 e. The summed E-state index contributed by atoms with van der Waals surface area (Å²) in [6, 6.07) is 17.0. The Bertz CT molecular complexity index is 1140. The van der Waals surface area contributed by atoms with Gasteiger partial charge in [0.25, 0.3) is 0 Å². The number of hydrogen-bond acceptors (Lipinski definition) is 8. The molecule has 10 heteroatoms. The van der Waals surface area contributed by atoms with Crippen LogP contribution in [-0.4, -0.2) is 76.6 Å². The van der Waals surface area contributed by atoms with Gasteiger partial charge in [0.05, 0.1) is 50.8 Å². The van der Waals surface area contributed by atoms with E-state index in [1.807, 2.05) is 49.4 Å². The van der Waals surface area contributed by atoms with Gasteiger partial charge in [0.2, 0.25) is 0 Å². The fourth-order valence-electron chi connectivity index (χ4n) is 5.86. The second-order valence-electron chi connectivity index (χ2n) is 13.6. The molecule has 2 heterocycles. The topological polar surface area (TPSA) is 84.8 Å². The van der Waals surface area contributed by atoms with E-state index in [1.165, 1.54) is 0 Å². The van der Waals surface area contributed by atoms with E-state index < -0.39 is 19.5 Å². The fraction of sp³-hybridized carbons (Fsp3) is 0.647. The Kier molecular flexibility index (Phi) is 13.3. The summed E-state index contributed by atoms with van der Waals surface area (Å²) in [5, 5.41) is 11.4. The lowest BCUT2D eigenvalue weighted by Gasteiger charge is -2.51. The van der Waals surface area contributed by atoms with Crippen molar-refractivity contribution in [2.45, 2.75) is 108 Å². The molecule has 0 aromatic heterocycles. The maximum absolute atomic E-state index is 11.4. The average molecular weight is 696 g/mol. The molecule has 0 bridgehead atoms. The lowest BCUT2D eigenvalue weighted by atomic mass is 9.82. The molecule has 1 spiro atoms. The van der Waals surface area contributed by atoms with E-state index >= 15 is 0 Å². The van der Waals surface area contributed by atoms with Crippen LogP contribution in [0.3, 0.4) is 0 Å². The first-order valence-corrected chi connectivity index (χ1v) is 20.2. The van der Waals surface area contributed by atoms with Crippen LogP contribution in [0.1, 0.15) is 50.2 Å². The number of halogens is 1. The molecule has 0 unspecified atom stereocenters. The minimum absolute atomic E-state index is 0.126. The monoisotopic (exact) mass is 694 g/mol. The number of benzene rings is 2. The first kappa shape index (κ1) is 35.5. The van der Waals surface area contributed by atoms with Crippen molar-refractivity contribution in [2.75, 3.05) is 33.7 Å². The third-order valence-corrected chi connectivity index (χ3v) is 10.5. The van der Waals surface area contributed by atoms with Gasteiger partial charge in [-0.05, 0) is 48.7 Å². The van der Waals surface area contributed by atoms with Crippen molar-refractivity contribution < 1.29 is 38.3 Å². The number of ether oxygens (including phenoxy) is 7. The molecule has 2 fully saturated rings. The Hall–Kier alpha value is -1.34. The minimum Gasteiger partial charge on any atom is -0.497 e. The van der Waals surface area contributed by atoms with Crippen molar-refractivity contribution in [3.05, 3.63) is 64.1 Å². The third-order valence-electron chi connectivity index (χ3n) is 8.06. The molecule has 44 heavy (non-hydrogen) atoms. The first-order valence-electron chi connectivity index (χ1n) is 15.7. The first-order chi connectivity index (χ1) is 20.9. The molecule has 0 aliphatic carbocycles. The Morgan fingerprint density at radius 3 is 2.41 bits per heavy atom. The molecule has 4 rings (SSSR count). The van der Waals surface area contributed by atoms with Gasteiger partial charge >= 0.3 is 0 Å². The highest BCUT2D eigenvalue weighted by Crippen LogP contribution is 2.44. The van der Waals surface area contributed by atoms with Crippen LogP contribution >= 0.6 is 15.9 Å². The molecule has 2 aliphatic rings. The number of hydrogen-bond donors (Lipinski definition) is 1. The van der Waals surface area contributed by atoms with Gasteiger partial charge in [-0.2, -0.15) is 0 Å². The molecule has 0 radical (unpaired) electrons. The van der Waals surface area contributed by atoms with Crippen molar-refractivity contribution in [1.29, 1.82) is 0 Å². The fourth-order valence-corrected chi connectivity index (χ4v) is 7.02. The van der Waals surface area contributed by atoms with Crippen LogP contribution in [0.25, 0.3) is 0 Å². The largest absolute Gasteiger partial charge is 0.497 e. The van der Waals surface area contributed by atoms with Gasteiger partial charge in [-0.1, -0.05) is 65.9 Å². The highest BCUT2D eigenvalue weighted by atomic mass is 79.9. The minimum atomic E-state index is -1.18.